The second-order valence-corrected chi connectivity index (χ2v) is 9.72. The van der Waals surface area contributed by atoms with Gasteiger partial charge in [-0.15, -0.1) is 0 Å². The molecule has 0 aromatic carbocycles. The van der Waals surface area contributed by atoms with E-state index in [2.05, 4.69) is 55.9 Å². The number of nitriles is 2. The van der Waals surface area contributed by atoms with Crippen LogP contribution in [0.2, 0.25) is 0 Å². The van der Waals surface area contributed by atoms with Crippen molar-refractivity contribution >= 4 is 17.0 Å². The Hall–Kier alpha value is -3.76. The number of pyridine rings is 1. The highest BCUT2D eigenvalue weighted by Crippen LogP contribution is 2.34. The molecule has 1 unspecified atom stereocenters. The number of fused-ring (bicyclic) bond motifs is 1. The third-order valence-electron chi connectivity index (χ3n) is 6.79. The molecule has 3 aromatic rings. The number of aromatic nitrogens is 5. The van der Waals surface area contributed by atoms with E-state index in [1.807, 2.05) is 32.1 Å². The van der Waals surface area contributed by atoms with Crippen molar-refractivity contribution in [1.82, 2.24) is 24.9 Å². The summed E-state index contributed by atoms with van der Waals surface area (Å²) >= 11 is 0. The second-order valence-electron chi connectivity index (χ2n) is 9.72. The summed E-state index contributed by atoms with van der Waals surface area (Å²) in [6.07, 6.45) is 7.50. The summed E-state index contributed by atoms with van der Waals surface area (Å²) in [4.78, 5) is 23.0. The van der Waals surface area contributed by atoms with Crippen molar-refractivity contribution in [2.24, 2.45) is 0 Å². The molecular weight excluding hydrogens is 468 g/mol. The van der Waals surface area contributed by atoms with Crippen molar-refractivity contribution in [3.63, 3.8) is 0 Å². The van der Waals surface area contributed by atoms with E-state index < -0.39 is 5.92 Å². The minimum Gasteiger partial charge on any atom is -0.461 e. The van der Waals surface area contributed by atoms with Crippen LogP contribution in [0.4, 0.5) is 5.95 Å². The summed E-state index contributed by atoms with van der Waals surface area (Å²) in [5.41, 5.74) is 2.02. The minimum atomic E-state index is -1.09. The Morgan fingerprint density at radius 3 is 2.59 bits per heavy atom. The van der Waals surface area contributed by atoms with Crippen LogP contribution in [0.25, 0.3) is 11.0 Å². The van der Waals surface area contributed by atoms with E-state index in [-0.39, 0.29) is 23.5 Å². The zero-order chi connectivity index (χ0) is 26.4. The van der Waals surface area contributed by atoms with Crippen molar-refractivity contribution in [1.29, 1.82) is 10.5 Å². The predicted molar refractivity (Wildman–Crippen MR) is 139 cm³/mol. The molecule has 10 heteroatoms. The van der Waals surface area contributed by atoms with Crippen LogP contribution >= 0.6 is 0 Å². The molecule has 2 aliphatic rings. The van der Waals surface area contributed by atoms with Gasteiger partial charge in [0.25, 0.3) is 0 Å². The monoisotopic (exact) mass is 502 g/mol. The molecule has 0 spiro atoms. The molecule has 0 bridgehead atoms. The fourth-order valence-electron chi connectivity index (χ4n) is 4.91. The van der Waals surface area contributed by atoms with Crippen LogP contribution < -0.4 is 9.64 Å². The molecule has 2 fully saturated rings. The zero-order valence-corrected chi connectivity index (χ0v) is 21.9. The Kier molecular flexibility index (Phi) is 8.20. The van der Waals surface area contributed by atoms with Crippen molar-refractivity contribution in [2.45, 2.75) is 76.9 Å². The molecule has 5 rings (SSSR count). The molecule has 194 valence electrons. The molecule has 0 radical (unpaired) electrons. The van der Waals surface area contributed by atoms with E-state index in [1.54, 1.807) is 6.20 Å². The summed E-state index contributed by atoms with van der Waals surface area (Å²) in [5.74, 6) is -0.133. The Morgan fingerprint density at radius 2 is 1.92 bits per heavy atom. The third-order valence-corrected chi connectivity index (χ3v) is 6.79. The van der Waals surface area contributed by atoms with Gasteiger partial charge in [-0.2, -0.15) is 25.5 Å². The first-order chi connectivity index (χ1) is 18.0. The fourth-order valence-corrected chi connectivity index (χ4v) is 4.91. The van der Waals surface area contributed by atoms with Gasteiger partial charge in [-0.3, -0.25) is 0 Å². The van der Waals surface area contributed by atoms with Gasteiger partial charge >= 0.3 is 6.01 Å². The summed E-state index contributed by atoms with van der Waals surface area (Å²) in [5, 5.41) is 20.0. The summed E-state index contributed by atoms with van der Waals surface area (Å²) in [7, 11) is 0. The minimum absolute atomic E-state index is 0.0437. The largest absolute Gasteiger partial charge is 0.461 e. The van der Waals surface area contributed by atoms with Crippen molar-refractivity contribution in [3.8, 4) is 18.1 Å². The Morgan fingerprint density at radius 1 is 1.16 bits per heavy atom. The second kappa shape index (κ2) is 11.5. The van der Waals surface area contributed by atoms with Crippen LogP contribution in [0.1, 0.15) is 76.6 Å². The Bertz CT molecular complexity index is 1270. The maximum absolute atomic E-state index is 9.40. The average Bonchev–Trinajstić information content (AvgIpc) is 3.52. The number of nitrogens with zero attached hydrogens (tertiary/aromatic N) is 7. The summed E-state index contributed by atoms with van der Waals surface area (Å²) in [6, 6.07) is 8.09. The smallest absolute Gasteiger partial charge is 0.321 e. The van der Waals surface area contributed by atoms with Gasteiger partial charge in [0, 0.05) is 30.9 Å². The fraction of sp³-hybridized carbons (Fsp3) is 0.556. The van der Waals surface area contributed by atoms with Crippen LogP contribution in [-0.2, 0) is 4.74 Å². The van der Waals surface area contributed by atoms with Gasteiger partial charge in [0.1, 0.15) is 12.3 Å². The normalized spacial score (nSPS) is 19.2. The van der Waals surface area contributed by atoms with E-state index in [1.165, 1.54) is 5.56 Å². The van der Waals surface area contributed by atoms with Gasteiger partial charge < -0.3 is 19.4 Å². The molecule has 1 N–H and O–H groups in total. The topological polar surface area (TPSA) is 137 Å². The highest BCUT2D eigenvalue weighted by Gasteiger charge is 2.32. The highest BCUT2D eigenvalue weighted by molar-refractivity contribution is 5.80. The Balaban J connectivity index is 0.00000156. The van der Waals surface area contributed by atoms with E-state index in [9.17, 15) is 10.5 Å². The number of aromatic amines is 1. The number of nitrogens with one attached hydrogen (secondary N) is 1. The molecule has 2 aliphatic heterocycles. The molecule has 0 saturated carbocycles. The van der Waals surface area contributed by atoms with Gasteiger partial charge in [0.15, 0.2) is 11.7 Å². The zero-order valence-electron chi connectivity index (χ0n) is 21.9. The average molecular weight is 503 g/mol. The summed E-state index contributed by atoms with van der Waals surface area (Å²) in [6.45, 7) is 9.92. The SMILES string of the molecule is CC.CC1(C)CCC(COc2nc(C(C#N)C#N)nc(N3CCC(c4c[nH]c5ncccc45)CC3)n2)O1. The molecule has 5 heterocycles. The molecule has 37 heavy (non-hydrogen) atoms. The number of hydrogen-bond donors (Lipinski definition) is 1. The Labute approximate surface area is 217 Å². The van der Waals surface area contributed by atoms with Crippen LogP contribution in [-0.4, -0.2) is 56.3 Å². The standard InChI is InChI=1S/C25H28N8O2.C2H6/c1-25(2)8-5-18(35-25)15-34-24-31-21(17(12-26)13-27)30-23(32-24)33-10-6-16(7-11-33)20-14-29-22-19(20)4-3-9-28-22;1-2/h3-4,9,14,16-18H,5-8,10-11,15H2,1-2H3,(H,28,29);1-2H3. The molecular formula is C27H34N8O2. The first-order valence-electron chi connectivity index (χ1n) is 13.0. The lowest BCUT2D eigenvalue weighted by Gasteiger charge is -2.32. The lowest BCUT2D eigenvalue weighted by molar-refractivity contribution is -0.0339. The van der Waals surface area contributed by atoms with E-state index >= 15 is 0 Å². The maximum Gasteiger partial charge on any atom is 0.321 e. The first kappa shape index (κ1) is 26.3. The number of rotatable bonds is 6. The van der Waals surface area contributed by atoms with Gasteiger partial charge in [0.05, 0.1) is 23.8 Å². The van der Waals surface area contributed by atoms with Crippen LogP contribution in [0, 0.1) is 22.7 Å². The van der Waals surface area contributed by atoms with E-state index in [0.29, 0.717) is 18.5 Å². The van der Waals surface area contributed by atoms with Crippen molar-refractivity contribution < 1.29 is 9.47 Å². The predicted octanol–water partition coefficient (Wildman–Crippen LogP) is 4.63. The number of piperidine rings is 1. The molecule has 2 saturated heterocycles. The molecule has 10 nitrogen and oxygen atoms in total. The number of anilines is 1. The van der Waals surface area contributed by atoms with Gasteiger partial charge in [-0.25, -0.2) is 4.98 Å². The third kappa shape index (κ3) is 5.98. The van der Waals surface area contributed by atoms with Gasteiger partial charge in [0.2, 0.25) is 5.95 Å². The molecule has 1 atom stereocenters. The van der Waals surface area contributed by atoms with Crippen LogP contribution in [0.3, 0.4) is 0 Å². The van der Waals surface area contributed by atoms with Crippen LogP contribution in [0.5, 0.6) is 6.01 Å². The van der Waals surface area contributed by atoms with Gasteiger partial charge in [-0.05, 0) is 63.1 Å². The van der Waals surface area contributed by atoms with E-state index in [0.717, 1.165) is 49.8 Å². The lowest BCUT2D eigenvalue weighted by Crippen LogP contribution is -2.34. The first-order valence-corrected chi connectivity index (χ1v) is 13.0. The van der Waals surface area contributed by atoms with Crippen molar-refractivity contribution in [2.75, 3.05) is 24.6 Å². The summed E-state index contributed by atoms with van der Waals surface area (Å²) < 4.78 is 11.9. The quantitative estimate of drug-likeness (QED) is 0.511. The van der Waals surface area contributed by atoms with Gasteiger partial charge in [-0.1, -0.05) is 13.8 Å². The molecule has 3 aromatic heterocycles. The number of ether oxygens (including phenoxy) is 2. The van der Waals surface area contributed by atoms with Crippen molar-refractivity contribution in [3.05, 3.63) is 35.9 Å². The lowest BCUT2D eigenvalue weighted by atomic mass is 9.89. The highest BCUT2D eigenvalue weighted by atomic mass is 16.6. The number of hydrogen-bond acceptors (Lipinski definition) is 9. The molecule has 0 amide bonds. The van der Waals surface area contributed by atoms with E-state index in [4.69, 9.17) is 9.47 Å². The molecule has 0 aliphatic carbocycles. The van der Waals surface area contributed by atoms with Crippen LogP contribution in [0.15, 0.2) is 24.5 Å². The number of H-pyrrole nitrogens is 1. The maximum atomic E-state index is 9.40.